The Hall–Kier alpha value is -2.24. The molecular weight excluding hydrogens is 218 g/mol. The van der Waals surface area contributed by atoms with Gasteiger partial charge in [-0.05, 0) is 13.0 Å². The van der Waals surface area contributed by atoms with Gasteiger partial charge in [0.2, 0.25) is 0 Å². The summed E-state index contributed by atoms with van der Waals surface area (Å²) >= 11 is 0. The third-order valence-corrected chi connectivity index (χ3v) is 2.16. The molecule has 0 bridgehead atoms. The second kappa shape index (κ2) is 5.20. The zero-order valence-electron chi connectivity index (χ0n) is 9.50. The molecule has 0 spiro atoms. The van der Waals surface area contributed by atoms with Crippen molar-refractivity contribution in [1.29, 1.82) is 0 Å². The molecule has 0 saturated heterocycles. The van der Waals surface area contributed by atoms with Crippen LogP contribution in [0.5, 0.6) is 0 Å². The summed E-state index contributed by atoms with van der Waals surface area (Å²) in [7, 11) is 0. The molecule has 88 valence electrons. The molecule has 6 nitrogen and oxygen atoms in total. The fourth-order valence-corrected chi connectivity index (χ4v) is 1.37. The lowest BCUT2D eigenvalue weighted by Crippen LogP contribution is -2.22. The molecule has 0 aliphatic heterocycles. The van der Waals surface area contributed by atoms with Crippen molar-refractivity contribution in [3.05, 3.63) is 46.8 Å². The molecule has 17 heavy (non-hydrogen) atoms. The molecule has 2 heterocycles. The molecule has 0 radical (unpaired) electrons. The van der Waals surface area contributed by atoms with Crippen molar-refractivity contribution in [3.63, 3.8) is 0 Å². The van der Waals surface area contributed by atoms with E-state index >= 15 is 0 Å². The lowest BCUT2D eigenvalue weighted by molar-refractivity contribution is 0.626. The molecule has 0 aliphatic rings. The fourth-order valence-electron chi connectivity index (χ4n) is 1.37. The molecule has 2 aromatic heterocycles. The van der Waals surface area contributed by atoms with Crippen molar-refractivity contribution in [1.82, 2.24) is 19.7 Å². The number of anilines is 1. The second-order valence-electron chi connectivity index (χ2n) is 3.44. The van der Waals surface area contributed by atoms with Crippen LogP contribution in [0.15, 0.2) is 35.5 Å². The number of nitrogens with one attached hydrogen (secondary N) is 1. The van der Waals surface area contributed by atoms with Gasteiger partial charge in [-0.1, -0.05) is 0 Å². The standard InChI is InChI=1S/C11H13N5O/c1-2-12-10-7-13-9(6-14-10)8-16-11(17)4-3-5-15-16/h3-7H,2,8H2,1H3,(H,12,14). The van der Waals surface area contributed by atoms with Crippen LogP contribution in [0.2, 0.25) is 0 Å². The van der Waals surface area contributed by atoms with Gasteiger partial charge in [-0.15, -0.1) is 0 Å². The zero-order chi connectivity index (χ0) is 12.1. The largest absolute Gasteiger partial charge is 0.369 e. The second-order valence-corrected chi connectivity index (χ2v) is 3.44. The lowest BCUT2D eigenvalue weighted by atomic mass is 10.4. The van der Waals surface area contributed by atoms with Crippen molar-refractivity contribution >= 4 is 5.82 Å². The molecule has 0 atom stereocenters. The molecule has 1 N–H and O–H groups in total. The van der Waals surface area contributed by atoms with Crippen molar-refractivity contribution in [2.75, 3.05) is 11.9 Å². The molecular formula is C11H13N5O. The first-order valence-corrected chi connectivity index (χ1v) is 5.36. The summed E-state index contributed by atoms with van der Waals surface area (Å²) in [5.41, 5.74) is 0.553. The molecule has 0 saturated carbocycles. The van der Waals surface area contributed by atoms with Crippen molar-refractivity contribution < 1.29 is 0 Å². The van der Waals surface area contributed by atoms with E-state index in [-0.39, 0.29) is 5.56 Å². The Bertz CT molecular complexity index is 534. The van der Waals surface area contributed by atoms with Gasteiger partial charge in [0, 0.05) is 18.8 Å². The smallest absolute Gasteiger partial charge is 0.267 e. The summed E-state index contributed by atoms with van der Waals surface area (Å²) in [6.07, 6.45) is 4.85. The lowest BCUT2D eigenvalue weighted by Gasteiger charge is -2.04. The average molecular weight is 231 g/mol. The number of nitrogens with zero attached hydrogens (tertiary/aromatic N) is 4. The van der Waals surface area contributed by atoms with Gasteiger partial charge in [-0.2, -0.15) is 5.10 Å². The quantitative estimate of drug-likeness (QED) is 0.830. The van der Waals surface area contributed by atoms with Gasteiger partial charge < -0.3 is 5.32 Å². The van der Waals surface area contributed by atoms with E-state index in [4.69, 9.17) is 0 Å². The van der Waals surface area contributed by atoms with Crippen LogP contribution in [0.1, 0.15) is 12.6 Å². The molecule has 0 amide bonds. The molecule has 0 fully saturated rings. The topological polar surface area (TPSA) is 72.7 Å². The van der Waals surface area contributed by atoms with E-state index in [9.17, 15) is 4.79 Å². The zero-order valence-corrected chi connectivity index (χ0v) is 9.50. The molecule has 0 unspecified atom stereocenters. The predicted octanol–water partition coefficient (Wildman–Crippen LogP) is 0.513. The molecule has 2 aromatic rings. The minimum absolute atomic E-state index is 0.148. The normalized spacial score (nSPS) is 10.2. The van der Waals surface area contributed by atoms with Crippen molar-refractivity contribution in [2.45, 2.75) is 13.5 Å². The van der Waals surface area contributed by atoms with Gasteiger partial charge in [0.25, 0.3) is 5.56 Å². The van der Waals surface area contributed by atoms with E-state index in [0.717, 1.165) is 12.4 Å². The van der Waals surface area contributed by atoms with Crippen LogP contribution in [0.3, 0.4) is 0 Å². The van der Waals surface area contributed by atoms with E-state index in [0.29, 0.717) is 12.2 Å². The van der Waals surface area contributed by atoms with Gasteiger partial charge in [0.05, 0.1) is 24.6 Å². The highest BCUT2D eigenvalue weighted by atomic mass is 16.1. The molecule has 6 heteroatoms. The summed E-state index contributed by atoms with van der Waals surface area (Å²) in [4.78, 5) is 19.8. The van der Waals surface area contributed by atoms with Crippen LogP contribution in [0, 0.1) is 0 Å². The van der Waals surface area contributed by atoms with Gasteiger partial charge in [-0.3, -0.25) is 9.78 Å². The number of aromatic nitrogens is 4. The van der Waals surface area contributed by atoms with E-state index < -0.39 is 0 Å². The highest BCUT2D eigenvalue weighted by Gasteiger charge is 2.00. The monoisotopic (exact) mass is 231 g/mol. The highest BCUT2D eigenvalue weighted by molar-refractivity contribution is 5.30. The summed E-state index contributed by atoms with van der Waals surface area (Å²) in [6.45, 7) is 3.12. The number of rotatable bonds is 4. The van der Waals surface area contributed by atoms with E-state index in [1.807, 2.05) is 6.92 Å². The maximum absolute atomic E-state index is 11.4. The van der Waals surface area contributed by atoms with Gasteiger partial charge in [-0.25, -0.2) is 9.67 Å². The first-order valence-electron chi connectivity index (χ1n) is 5.36. The first kappa shape index (κ1) is 11.3. The first-order chi connectivity index (χ1) is 8.29. The van der Waals surface area contributed by atoms with Gasteiger partial charge in [0.15, 0.2) is 0 Å². The maximum Gasteiger partial charge on any atom is 0.267 e. The van der Waals surface area contributed by atoms with Crippen LogP contribution in [0.25, 0.3) is 0 Å². The van der Waals surface area contributed by atoms with Crippen LogP contribution >= 0.6 is 0 Å². The van der Waals surface area contributed by atoms with Crippen LogP contribution in [-0.2, 0) is 6.54 Å². The summed E-state index contributed by atoms with van der Waals surface area (Å²) < 4.78 is 1.34. The SMILES string of the molecule is CCNc1cnc(Cn2ncccc2=O)cn1. The van der Waals surface area contributed by atoms with E-state index in [1.54, 1.807) is 24.7 Å². The molecule has 0 aromatic carbocycles. The average Bonchev–Trinajstić information content (AvgIpc) is 2.35. The Labute approximate surface area is 98.4 Å². The molecule has 2 rings (SSSR count). The van der Waals surface area contributed by atoms with E-state index in [2.05, 4.69) is 20.4 Å². The van der Waals surface area contributed by atoms with Crippen molar-refractivity contribution in [3.8, 4) is 0 Å². The minimum atomic E-state index is -0.148. The Morgan fingerprint density at radius 2 is 2.24 bits per heavy atom. The highest BCUT2D eigenvalue weighted by Crippen LogP contribution is 2.00. The Balaban J connectivity index is 2.14. The van der Waals surface area contributed by atoms with Gasteiger partial charge >= 0.3 is 0 Å². The Morgan fingerprint density at radius 1 is 1.35 bits per heavy atom. The number of hydrogen-bond donors (Lipinski definition) is 1. The Morgan fingerprint density at radius 3 is 2.88 bits per heavy atom. The predicted molar refractivity (Wildman–Crippen MR) is 63.8 cm³/mol. The third-order valence-electron chi connectivity index (χ3n) is 2.16. The maximum atomic E-state index is 11.4. The Kier molecular flexibility index (Phi) is 3.44. The summed E-state index contributed by atoms with van der Waals surface area (Å²) in [6, 6.07) is 3.08. The van der Waals surface area contributed by atoms with Crippen LogP contribution < -0.4 is 10.9 Å². The van der Waals surface area contributed by atoms with Crippen molar-refractivity contribution in [2.24, 2.45) is 0 Å². The fraction of sp³-hybridized carbons (Fsp3) is 0.273. The van der Waals surface area contributed by atoms with E-state index in [1.165, 1.54) is 10.7 Å². The van der Waals surface area contributed by atoms with Crippen LogP contribution in [-0.4, -0.2) is 26.3 Å². The third kappa shape index (κ3) is 2.87. The summed E-state index contributed by atoms with van der Waals surface area (Å²) in [5.74, 6) is 0.726. The number of hydrogen-bond acceptors (Lipinski definition) is 5. The van der Waals surface area contributed by atoms with Crippen LogP contribution in [0.4, 0.5) is 5.82 Å². The minimum Gasteiger partial charge on any atom is -0.369 e. The molecule has 0 aliphatic carbocycles. The summed E-state index contributed by atoms with van der Waals surface area (Å²) in [5, 5.41) is 7.01. The van der Waals surface area contributed by atoms with Gasteiger partial charge in [0.1, 0.15) is 5.82 Å².